The van der Waals surface area contributed by atoms with E-state index in [1.54, 1.807) is 10.7 Å². The van der Waals surface area contributed by atoms with Gasteiger partial charge in [-0.05, 0) is 60.2 Å². The van der Waals surface area contributed by atoms with Crippen molar-refractivity contribution in [1.82, 2.24) is 24.9 Å². The van der Waals surface area contributed by atoms with E-state index in [0.29, 0.717) is 34.7 Å². The number of benzene rings is 2. The van der Waals surface area contributed by atoms with Gasteiger partial charge in [0.2, 0.25) is 17.8 Å². The van der Waals surface area contributed by atoms with Crippen LogP contribution in [0.2, 0.25) is 0 Å². The lowest BCUT2D eigenvalue weighted by atomic mass is 9.89. The number of fused-ring (bicyclic) bond motifs is 1. The zero-order valence-corrected chi connectivity index (χ0v) is 20.8. The Hall–Kier alpha value is -4.97. The maximum absolute atomic E-state index is 11.8. The minimum absolute atomic E-state index is 0.0652. The number of nitrogens with zero attached hydrogens (tertiary/aromatic N) is 6. The van der Waals surface area contributed by atoms with Crippen molar-refractivity contribution in [2.24, 2.45) is 0 Å². The number of anilines is 3. The van der Waals surface area contributed by atoms with Gasteiger partial charge in [0.25, 0.3) is 0 Å². The molecule has 6 rings (SSSR count). The number of amides is 1. The van der Waals surface area contributed by atoms with Crippen molar-refractivity contribution in [3.05, 3.63) is 95.3 Å². The fraction of sp³-hybridized carbons (Fsp3) is 0.207. The lowest BCUT2D eigenvalue weighted by Gasteiger charge is -2.32. The first-order chi connectivity index (χ1) is 18.6. The SMILES string of the molecule is C=C1NC(=O)C/C1=C\c1cnn2c(Nc3ccccc3)nc(N3CCC(c4ccc(C#N)cc4)CC3)nc12. The van der Waals surface area contributed by atoms with Gasteiger partial charge in [0, 0.05) is 30.0 Å². The van der Waals surface area contributed by atoms with Crippen LogP contribution in [0.5, 0.6) is 0 Å². The number of hydrogen-bond acceptors (Lipinski definition) is 7. The smallest absolute Gasteiger partial charge is 0.233 e. The average molecular weight is 503 g/mol. The predicted octanol–water partition coefficient (Wildman–Crippen LogP) is 4.54. The molecule has 1 amide bonds. The van der Waals surface area contributed by atoms with Gasteiger partial charge in [-0.2, -0.15) is 24.8 Å². The third-order valence-electron chi connectivity index (χ3n) is 7.06. The van der Waals surface area contributed by atoms with E-state index < -0.39 is 0 Å². The fourth-order valence-corrected chi connectivity index (χ4v) is 5.00. The molecule has 0 unspecified atom stereocenters. The van der Waals surface area contributed by atoms with Gasteiger partial charge in [0.15, 0.2) is 5.65 Å². The molecule has 2 aliphatic heterocycles. The zero-order chi connectivity index (χ0) is 26.1. The first-order valence-electron chi connectivity index (χ1n) is 12.6. The molecule has 2 saturated heterocycles. The van der Waals surface area contributed by atoms with E-state index in [4.69, 9.17) is 15.2 Å². The Labute approximate surface area is 220 Å². The predicted molar refractivity (Wildman–Crippen MR) is 146 cm³/mol. The summed E-state index contributed by atoms with van der Waals surface area (Å²) in [5.74, 6) is 1.56. The van der Waals surface area contributed by atoms with Gasteiger partial charge < -0.3 is 15.5 Å². The summed E-state index contributed by atoms with van der Waals surface area (Å²) >= 11 is 0. The maximum Gasteiger partial charge on any atom is 0.233 e. The number of allylic oxidation sites excluding steroid dienone is 1. The molecule has 2 N–H and O–H groups in total. The number of nitrogens with one attached hydrogen (secondary N) is 2. The molecule has 38 heavy (non-hydrogen) atoms. The standard InChI is InChI=1S/C29H26N8O/c1-19-23(16-26(38)32-19)15-24-18-31-37-27(24)34-28(35-29(37)33-25-5-3-2-4-6-25)36-13-11-22(12-14-36)21-9-7-20(17-30)8-10-21/h2-10,15,18,22H,1,11-14,16H2,(H,32,38)(H,33,34,35)/b23-15+. The summed E-state index contributed by atoms with van der Waals surface area (Å²) < 4.78 is 1.69. The molecule has 0 bridgehead atoms. The van der Waals surface area contributed by atoms with Gasteiger partial charge in [0.1, 0.15) is 0 Å². The molecule has 9 nitrogen and oxygen atoms in total. The van der Waals surface area contributed by atoms with Crippen molar-refractivity contribution < 1.29 is 4.79 Å². The number of carbonyl (C=O) groups excluding carboxylic acids is 1. The summed E-state index contributed by atoms with van der Waals surface area (Å²) in [6.45, 7) is 5.58. The zero-order valence-electron chi connectivity index (χ0n) is 20.8. The molecule has 9 heteroatoms. The van der Waals surface area contributed by atoms with Crippen molar-refractivity contribution in [1.29, 1.82) is 5.26 Å². The van der Waals surface area contributed by atoms with Gasteiger partial charge in [0.05, 0.1) is 24.3 Å². The second kappa shape index (κ2) is 9.82. The van der Waals surface area contributed by atoms with Crippen molar-refractivity contribution in [2.75, 3.05) is 23.3 Å². The van der Waals surface area contributed by atoms with Gasteiger partial charge in [-0.15, -0.1) is 0 Å². The van der Waals surface area contributed by atoms with Crippen LogP contribution in [0, 0.1) is 11.3 Å². The minimum Gasteiger partial charge on any atom is -0.341 e. The van der Waals surface area contributed by atoms with E-state index in [2.05, 4.69) is 45.4 Å². The number of nitriles is 1. The molecule has 2 aliphatic rings. The summed E-state index contributed by atoms with van der Waals surface area (Å²) in [5, 5.41) is 19.8. The Bertz CT molecular complexity index is 1590. The Morgan fingerprint density at radius 3 is 2.53 bits per heavy atom. The van der Waals surface area contributed by atoms with Crippen LogP contribution in [0.15, 0.2) is 78.6 Å². The lowest BCUT2D eigenvalue weighted by molar-refractivity contribution is -0.118. The summed E-state index contributed by atoms with van der Waals surface area (Å²) in [7, 11) is 0. The molecule has 0 atom stereocenters. The molecule has 0 radical (unpaired) electrons. The van der Waals surface area contributed by atoms with Crippen LogP contribution in [0.3, 0.4) is 0 Å². The maximum atomic E-state index is 11.8. The number of hydrogen-bond donors (Lipinski definition) is 2. The summed E-state index contributed by atoms with van der Waals surface area (Å²) in [6.07, 6.45) is 5.87. The van der Waals surface area contributed by atoms with E-state index in [-0.39, 0.29) is 12.3 Å². The fourth-order valence-electron chi connectivity index (χ4n) is 5.00. The normalized spacial score (nSPS) is 17.1. The van der Waals surface area contributed by atoms with E-state index in [1.807, 2.05) is 48.5 Å². The molecule has 188 valence electrons. The van der Waals surface area contributed by atoms with Crippen molar-refractivity contribution in [2.45, 2.75) is 25.2 Å². The summed E-state index contributed by atoms with van der Waals surface area (Å²) in [6, 6.07) is 19.9. The highest BCUT2D eigenvalue weighted by molar-refractivity contribution is 5.89. The van der Waals surface area contributed by atoms with Crippen molar-refractivity contribution in [3.63, 3.8) is 0 Å². The number of piperidine rings is 1. The van der Waals surface area contributed by atoms with E-state index in [0.717, 1.165) is 42.8 Å². The van der Waals surface area contributed by atoms with Crippen LogP contribution in [0.25, 0.3) is 11.7 Å². The highest BCUT2D eigenvalue weighted by atomic mass is 16.1. The Morgan fingerprint density at radius 2 is 1.84 bits per heavy atom. The van der Waals surface area contributed by atoms with Crippen LogP contribution in [-0.4, -0.2) is 38.6 Å². The number of para-hydroxylation sites is 1. The van der Waals surface area contributed by atoms with Gasteiger partial charge in [-0.25, -0.2) is 0 Å². The van der Waals surface area contributed by atoms with E-state index in [1.165, 1.54) is 5.56 Å². The summed E-state index contributed by atoms with van der Waals surface area (Å²) in [4.78, 5) is 23.9. The largest absolute Gasteiger partial charge is 0.341 e. The molecule has 0 aliphatic carbocycles. The highest BCUT2D eigenvalue weighted by Gasteiger charge is 2.25. The van der Waals surface area contributed by atoms with Gasteiger partial charge in [-0.1, -0.05) is 36.9 Å². The quantitative estimate of drug-likeness (QED) is 0.412. The highest BCUT2D eigenvalue weighted by Crippen LogP contribution is 2.31. The second-order valence-electron chi connectivity index (χ2n) is 9.54. The van der Waals surface area contributed by atoms with E-state index >= 15 is 0 Å². The Morgan fingerprint density at radius 1 is 1.08 bits per heavy atom. The number of rotatable bonds is 5. The molecular formula is C29H26N8O. The molecule has 0 spiro atoms. The van der Waals surface area contributed by atoms with Crippen LogP contribution >= 0.6 is 0 Å². The third-order valence-corrected chi connectivity index (χ3v) is 7.06. The molecule has 2 fully saturated rings. The molecule has 4 aromatic rings. The molecule has 4 heterocycles. The Balaban J connectivity index is 1.32. The Kier molecular flexibility index (Phi) is 6.06. The summed E-state index contributed by atoms with van der Waals surface area (Å²) in [5.41, 5.74) is 5.72. The lowest BCUT2D eigenvalue weighted by Crippen LogP contribution is -2.34. The first kappa shape index (κ1) is 23.4. The minimum atomic E-state index is -0.0652. The van der Waals surface area contributed by atoms with Crippen molar-refractivity contribution in [3.8, 4) is 6.07 Å². The first-order valence-corrected chi connectivity index (χ1v) is 12.6. The monoisotopic (exact) mass is 502 g/mol. The molecule has 2 aromatic heterocycles. The average Bonchev–Trinajstić information content (AvgIpc) is 3.51. The van der Waals surface area contributed by atoms with Crippen LogP contribution in [0.4, 0.5) is 17.6 Å². The van der Waals surface area contributed by atoms with Crippen LogP contribution in [0.1, 0.15) is 41.9 Å². The second-order valence-corrected chi connectivity index (χ2v) is 9.54. The topological polar surface area (TPSA) is 111 Å². The number of carbonyl (C=O) groups is 1. The van der Waals surface area contributed by atoms with Gasteiger partial charge >= 0.3 is 0 Å². The van der Waals surface area contributed by atoms with Crippen molar-refractivity contribution >= 4 is 35.2 Å². The third kappa shape index (κ3) is 4.60. The van der Waals surface area contributed by atoms with E-state index in [9.17, 15) is 4.79 Å². The van der Waals surface area contributed by atoms with Crippen LogP contribution in [-0.2, 0) is 4.79 Å². The van der Waals surface area contributed by atoms with Crippen LogP contribution < -0.4 is 15.5 Å². The molecule has 0 saturated carbocycles. The molecular weight excluding hydrogens is 476 g/mol. The molecule has 2 aromatic carbocycles. The van der Waals surface area contributed by atoms with Gasteiger partial charge in [-0.3, -0.25) is 4.79 Å². The number of aromatic nitrogens is 4.